The van der Waals surface area contributed by atoms with Crippen molar-refractivity contribution in [3.05, 3.63) is 81.0 Å². The van der Waals surface area contributed by atoms with Crippen LogP contribution in [0.15, 0.2) is 70.3 Å². The maximum absolute atomic E-state index is 4.72. The Bertz CT molecular complexity index is 1080. The summed E-state index contributed by atoms with van der Waals surface area (Å²) >= 11 is 5.33. The highest BCUT2D eigenvalue weighted by molar-refractivity contribution is 9.10. The number of allylic oxidation sites excluding steroid dienone is 3. The molecule has 0 amide bonds. The monoisotopic (exact) mass is 437 g/mol. The van der Waals surface area contributed by atoms with E-state index in [0.717, 1.165) is 41.1 Å². The summed E-state index contributed by atoms with van der Waals surface area (Å²) < 4.78 is 1.17. The summed E-state index contributed by atoms with van der Waals surface area (Å²) in [7, 11) is 0. The minimum absolute atomic E-state index is 0.639. The fourth-order valence-electron chi connectivity index (χ4n) is 3.47. The molecule has 1 fully saturated rings. The number of fused-ring (bicyclic) bond motifs is 1. The lowest BCUT2D eigenvalue weighted by molar-refractivity contribution is 0.971. The maximum atomic E-state index is 4.72. The van der Waals surface area contributed by atoms with Gasteiger partial charge in [-0.3, -0.25) is 0 Å². The summed E-state index contributed by atoms with van der Waals surface area (Å²) in [6, 6.07) is 8.60. The van der Waals surface area contributed by atoms with Crippen LogP contribution in [0, 0.1) is 0 Å². The Morgan fingerprint density at radius 2 is 2.15 bits per heavy atom. The molecule has 2 aliphatic rings. The van der Waals surface area contributed by atoms with Gasteiger partial charge in [-0.1, -0.05) is 6.58 Å². The third-order valence-electron chi connectivity index (χ3n) is 5.11. The molecule has 0 bridgehead atoms. The molecule has 5 heteroatoms. The summed E-state index contributed by atoms with van der Waals surface area (Å²) in [5, 5.41) is 2.14. The number of hydrogen-bond acceptors (Lipinski definition) is 3. The maximum Gasteiger partial charge on any atom is 0.110 e. The molecule has 2 aromatic heterocycles. The molecule has 5 rings (SSSR count). The van der Waals surface area contributed by atoms with Crippen molar-refractivity contribution in [2.75, 3.05) is 4.90 Å². The first-order valence-corrected chi connectivity index (χ1v) is 10.9. The topological polar surface area (TPSA) is 31.9 Å². The van der Waals surface area contributed by atoms with Crippen LogP contribution < -0.4 is 4.90 Å². The number of anilines is 1. The number of rotatable bonds is 5. The number of aromatic nitrogens is 2. The Labute approximate surface area is 171 Å². The lowest BCUT2D eigenvalue weighted by atomic mass is 10.1. The summed E-state index contributed by atoms with van der Waals surface area (Å²) in [6.07, 6.45) is 11.1. The van der Waals surface area contributed by atoms with Gasteiger partial charge in [-0.2, -0.15) is 0 Å². The molecule has 3 heterocycles. The highest BCUT2D eigenvalue weighted by atomic mass is 79.9. The van der Waals surface area contributed by atoms with E-state index in [-0.39, 0.29) is 0 Å². The average Bonchev–Trinajstić information content (AvgIpc) is 3.29. The fourth-order valence-corrected chi connectivity index (χ4v) is 4.93. The molecule has 1 aromatic carbocycles. The lowest BCUT2D eigenvalue weighted by Gasteiger charge is -2.25. The highest BCUT2D eigenvalue weighted by Crippen LogP contribution is 2.39. The average molecular weight is 438 g/mol. The van der Waals surface area contributed by atoms with Crippen molar-refractivity contribution in [1.29, 1.82) is 0 Å². The molecule has 1 aliphatic carbocycles. The predicted octanol–water partition coefficient (Wildman–Crippen LogP) is 6.67. The van der Waals surface area contributed by atoms with Crippen molar-refractivity contribution in [3.63, 3.8) is 0 Å². The van der Waals surface area contributed by atoms with Gasteiger partial charge in [0.25, 0.3) is 0 Å². The molecule has 1 aliphatic heterocycles. The Morgan fingerprint density at radius 1 is 1.26 bits per heavy atom. The summed E-state index contributed by atoms with van der Waals surface area (Å²) in [5.74, 6) is 1.78. The van der Waals surface area contributed by atoms with Crippen molar-refractivity contribution in [3.8, 4) is 0 Å². The van der Waals surface area contributed by atoms with E-state index in [9.17, 15) is 0 Å². The van der Waals surface area contributed by atoms with Crippen molar-refractivity contribution >= 4 is 44.0 Å². The van der Waals surface area contributed by atoms with Crippen LogP contribution in [0.3, 0.4) is 0 Å². The first-order valence-electron chi connectivity index (χ1n) is 9.25. The molecule has 27 heavy (non-hydrogen) atoms. The standard InChI is InChI=1S/C22H20BrN3S/c1-14-10-15(2-6-19-11-17(23)13-27-19)8-9-26(14)18-5-7-20-21(12-18)25-22(24-20)16-3-4-16/h5,7-13,16H,1-4,6H2,(H,24,25). The van der Waals surface area contributed by atoms with Crippen LogP contribution in [-0.2, 0) is 6.42 Å². The number of aromatic amines is 1. The highest BCUT2D eigenvalue weighted by Gasteiger charge is 2.26. The number of aryl methyl sites for hydroxylation is 1. The molecule has 0 unspecified atom stereocenters. The van der Waals surface area contributed by atoms with Crippen LogP contribution in [0.4, 0.5) is 5.69 Å². The largest absolute Gasteiger partial charge is 0.342 e. The van der Waals surface area contributed by atoms with Gasteiger partial charge in [-0.15, -0.1) is 11.3 Å². The lowest BCUT2D eigenvalue weighted by Crippen LogP contribution is -2.16. The molecule has 0 saturated heterocycles. The molecule has 0 atom stereocenters. The first kappa shape index (κ1) is 17.0. The Balaban J connectivity index is 1.31. The second-order valence-electron chi connectivity index (χ2n) is 7.23. The Hall–Kier alpha value is -2.11. The van der Waals surface area contributed by atoms with Crippen LogP contribution in [0.2, 0.25) is 0 Å². The SMILES string of the molecule is C=C1C=C(CCc2cc(Br)cs2)C=CN1c1ccc2nc(C3CC3)[nH]c2c1. The van der Waals surface area contributed by atoms with E-state index in [1.54, 1.807) is 11.3 Å². The number of thiophene rings is 1. The summed E-state index contributed by atoms with van der Waals surface area (Å²) in [4.78, 5) is 11.8. The molecular formula is C22H20BrN3S. The molecule has 0 radical (unpaired) electrons. The van der Waals surface area contributed by atoms with Crippen LogP contribution in [0.1, 0.15) is 35.9 Å². The summed E-state index contributed by atoms with van der Waals surface area (Å²) in [5.41, 5.74) is 5.59. The van der Waals surface area contributed by atoms with Gasteiger partial charge in [0, 0.05) is 38.2 Å². The number of benzene rings is 1. The van der Waals surface area contributed by atoms with E-state index in [4.69, 9.17) is 4.98 Å². The van der Waals surface area contributed by atoms with Gasteiger partial charge in [0.2, 0.25) is 0 Å². The van der Waals surface area contributed by atoms with E-state index in [1.807, 2.05) is 0 Å². The molecule has 3 aromatic rings. The third-order valence-corrected chi connectivity index (χ3v) is 6.86. The van der Waals surface area contributed by atoms with Gasteiger partial charge in [0.15, 0.2) is 0 Å². The fraction of sp³-hybridized carbons (Fsp3) is 0.227. The predicted molar refractivity (Wildman–Crippen MR) is 117 cm³/mol. The number of imidazole rings is 1. The van der Waals surface area contributed by atoms with Crippen LogP contribution >= 0.6 is 27.3 Å². The van der Waals surface area contributed by atoms with Crippen LogP contribution in [-0.4, -0.2) is 9.97 Å². The zero-order valence-electron chi connectivity index (χ0n) is 14.9. The Morgan fingerprint density at radius 3 is 2.89 bits per heavy atom. The van der Waals surface area contributed by atoms with Crippen molar-refractivity contribution in [1.82, 2.24) is 9.97 Å². The van der Waals surface area contributed by atoms with E-state index >= 15 is 0 Å². The quantitative estimate of drug-likeness (QED) is 0.482. The van der Waals surface area contributed by atoms with Crippen molar-refractivity contribution < 1.29 is 0 Å². The van der Waals surface area contributed by atoms with Crippen molar-refractivity contribution in [2.24, 2.45) is 0 Å². The Kier molecular flexibility index (Phi) is 4.29. The van der Waals surface area contributed by atoms with Gasteiger partial charge in [-0.25, -0.2) is 4.98 Å². The van der Waals surface area contributed by atoms with E-state index < -0.39 is 0 Å². The second-order valence-corrected chi connectivity index (χ2v) is 9.14. The molecule has 1 saturated carbocycles. The van der Waals surface area contributed by atoms with E-state index in [0.29, 0.717) is 5.92 Å². The molecule has 0 spiro atoms. The molecule has 1 N–H and O–H groups in total. The zero-order chi connectivity index (χ0) is 18.4. The number of nitrogens with zero attached hydrogens (tertiary/aromatic N) is 2. The normalized spacial score (nSPS) is 17.0. The zero-order valence-corrected chi connectivity index (χ0v) is 17.3. The van der Waals surface area contributed by atoms with Gasteiger partial charge in [0.05, 0.1) is 11.0 Å². The number of nitrogens with one attached hydrogen (secondary N) is 1. The number of H-pyrrole nitrogens is 1. The number of halogens is 1. The number of hydrogen-bond donors (Lipinski definition) is 1. The summed E-state index contributed by atoms with van der Waals surface area (Å²) in [6.45, 7) is 4.27. The first-order chi connectivity index (χ1) is 13.2. The van der Waals surface area contributed by atoms with Gasteiger partial charge >= 0.3 is 0 Å². The molecule has 3 nitrogen and oxygen atoms in total. The van der Waals surface area contributed by atoms with Crippen LogP contribution in [0.25, 0.3) is 11.0 Å². The molecule has 136 valence electrons. The second kappa shape index (κ2) is 6.80. The smallest absolute Gasteiger partial charge is 0.110 e. The van der Waals surface area contributed by atoms with Gasteiger partial charge < -0.3 is 9.88 Å². The van der Waals surface area contributed by atoms with E-state index in [1.165, 1.54) is 27.8 Å². The van der Waals surface area contributed by atoms with Gasteiger partial charge in [0.1, 0.15) is 5.82 Å². The van der Waals surface area contributed by atoms with Crippen molar-refractivity contribution in [2.45, 2.75) is 31.6 Å². The minimum atomic E-state index is 0.639. The van der Waals surface area contributed by atoms with Crippen LogP contribution in [0.5, 0.6) is 0 Å². The van der Waals surface area contributed by atoms with Gasteiger partial charge in [-0.05, 0) is 83.6 Å². The van der Waals surface area contributed by atoms with E-state index in [2.05, 4.69) is 80.4 Å². The third kappa shape index (κ3) is 3.54. The molecular weight excluding hydrogens is 418 g/mol. The minimum Gasteiger partial charge on any atom is -0.342 e.